The molecule has 0 unspecified atom stereocenters. The highest BCUT2D eigenvalue weighted by Gasteiger charge is 2.48. The van der Waals surface area contributed by atoms with Gasteiger partial charge < -0.3 is 15.0 Å². The molecule has 1 saturated carbocycles. The van der Waals surface area contributed by atoms with Gasteiger partial charge >= 0.3 is 0 Å². The standard InChI is InChI=1S/C10H17N3O2/c1-2-14-6-3-8-12-9(15-13-8)10(7-11)4-5-10/h2-7,11H2,1H3. The van der Waals surface area contributed by atoms with E-state index in [1.807, 2.05) is 6.92 Å². The van der Waals surface area contributed by atoms with E-state index in [4.69, 9.17) is 15.0 Å². The molecule has 0 aliphatic heterocycles. The molecule has 1 fully saturated rings. The lowest BCUT2D eigenvalue weighted by Crippen LogP contribution is -2.20. The molecule has 0 radical (unpaired) electrons. The van der Waals surface area contributed by atoms with Crippen LogP contribution in [-0.2, 0) is 16.6 Å². The van der Waals surface area contributed by atoms with Gasteiger partial charge in [-0.05, 0) is 19.8 Å². The summed E-state index contributed by atoms with van der Waals surface area (Å²) in [7, 11) is 0. The number of nitrogens with two attached hydrogens (primary N) is 1. The molecule has 0 atom stereocenters. The van der Waals surface area contributed by atoms with E-state index < -0.39 is 0 Å². The summed E-state index contributed by atoms with van der Waals surface area (Å²) < 4.78 is 10.4. The second kappa shape index (κ2) is 4.28. The average molecular weight is 211 g/mol. The normalized spacial score (nSPS) is 18.0. The van der Waals surface area contributed by atoms with Gasteiger partial charge in [-0.25, -0.2) is 0 Å². The van der Waals surface area contributed by atoms with Gasteiger partial charge in [0.15, 0.2) is 5.82 Å². The SMILES string of the molecule is CCOCCc1noc(C2(CN)CC2)n1. The van der Waals surface area contributed by atoms with Gasteiger partial charge in [-0.1, -0.05) is 5.16 Å². The van der Waals surface area contributed by atoms with Crippen LogP contribution in [0.2, 0.25) is 0 Å². The third-order valence-electron chi connectivity index (χ3n) is 2.84. The van der Waals surface area contributed by atoms with Crippen LogP contribution in [0.3, 0.4) is 0 Å². The van der Waals surface area contributed by atoms with Crippen LogP contribution in [0, 0.1) is 0 Å². The molecule has 0 spiro atoms. The fourth-order valence-electron chi connectivity index (χ4n) is 1.53. The van der Waals surface area contributed by atoms with Crippen molar-refractivity contribution < 1.29 is 9.26 Å². The molecular weight excluding hydrogens is 194 g/mol. The number of hydrogen-bond acceptors (Lipinski definition) is 5. The molecule has 2 rings (SSSR count). The molecule has 0 aromatic carbocycles. The molecule has 15 heavy (non-hydrogen) atoms. The Morgan fingerprint density at radius 3 is 2.93 bits per heavy atom. The second-order valence-corrected chi connectivity index (χ2v) is 3.95. The van der Waals surface area contributed by atoms with Crippen LogP contribution in [0.4, 0.5) is 0 Å². The quantitative estimate of drug-likeness (QED) is 0.699. The smallest absolute Gasteiger partial charge is 0.234 e. The van der Waals surface area contributed by atoms with Gasteiger partial charge in [-0.2, -0.15) is 4.98 Å². The Bertz CT molecular complexity index is 320. The molecule has 1 aromatic heterocycles. The van der Waals surface area contributed by atoms with Crippen LogP contribution in [-0.4, -0.2) is 29.9 Å². The number of rotatable bonds is 6. The predicted molar refractivity (Wildman–Crippen MR) is 54.5 cm³/mol. The first-order chi connectivity index (χ1) is 7.30. The van der Waals surface area contributed by atoms with E-state index in [0.29, 0.717) is 25.5 Å². The summed E-state index contributed by atoms with van der Waals surface area (Å²) in [4.78, 5) is 4.35. The van der Waals surface area contributed by atoms with Crippen molar-refractivity contribution in [3.63, 3.8) is 0 Å². The summed E-state index contributed by atoms with van der Waals surface area (Å²) >= 11 is 0. The predicted octanol–water partition coefficient (Wildman–Crippen LogP) is 0.639. The Kier molecular flexibility index (Phi) is 3.02. The van der Waals surface area contributed by atoms with Crippen molar-refractivity contribution in [2.24, 2.45) is 5.73 Å². The van der Waals surface area contributed by atoms with Crippen molar-refractivity contribution in [2.75, 3.05) is 19.8 Å². The second-order valence-electron chi connectivity index (χ2n) is 3.95. The maximum atomic E-state index is 5.68. The molecule has 1 aliphatic carbocycles. The number of aromatic nitrogens is 2. The highest BCUT2D eigenvalue weighted by molar-refractivity contribution is 5.16. The minimum absolute atomic E-state index is 0.00311. The molecule has 5 nitrogen and oxygen atoms in total. The Hall–Kier alpha value is -0.940. The molecular formula is C10H17N3O2. The Balaban J connectivity index is 1.92. The van der Waals surface area contributed by atoms with Gasteiger partial charge in [0.1, 0.15) is 0 Å². The third kappa shape index (κ3) is 2.18. The molecule has 0 bridgehead atoms. The van der Waals surface area contributed by atoms with Crippen LogP contribution in [0.25, 0.3) is 0 Å². The summed E-state index contributed by atoms with van der Waals surface area (Å²) in [6.07, 6.45) is 2.84. The summed E-state index contributed by atoms with van der Waals surface area (Å²) in [5.41, 5.74) is 5.68. The van der Waals surface area contributed by atoms with Crippen LogP contribution >= 0.6 is 0 Å². The zero-order valence-electron chi connectivity index (χ0n) is 9.03. The summed E-state index contributed by atoms with van der Waals surface area (Å²) in [5.74, 6) is 1.43. The van der Waals surface area contributed by atoms with E-state index in [1.54, 1.807) is 0 Å². The largest absolute Gasteiger partial charge is 0.381 e. The van der Waals surface area contributed by atoms with Gasteiger partial charge in [0.05, 0.1) is 12.0 Å². The van der Waals surface area contributed by atoms with Crippen molar-refractivity contribution in [1.29, 1.82) is 0 Å². The first-order valence-electron chi connectivity index (χ1n) is 5.41. The van der Waals surface area contributed by atoms with Crippen LogP contribution in [0.15, 0.2) is 4.52 Å². The van der Waals surface area contributed by atoms with E-state index >= 15 is 0 Å². The number of hydrogen-bond donors (Lipinski definition) is 1. The topological polar surface area (TPSA) is 74.2 Å². The minimum Gasteiger partial charge on any atom is -0.381 e. The first-order valence-corrected chi connectivity index (χ1v) is 5.41. The van der Waals surface area contributed by atoms with E-state index in [-0.39, 0.29) is 5.41 Å². The van der Waals surface area contributed by atoms with E-state index in [2.05, 4.69) is 10.1 Å². The summed E-state index contributed by atoms with van der Waals surface area (Å²) in [6.45, 7) is 3.93. The third-order valence-corrected chi connectivity index (χ3v) is 2.84. The zero-order valence-corrected chi connectivity index (χ0v) is 9.03. The summed E-state index contributed by atoms with van der Waals surface area (Å²) in [6, 6.07) is 0. The van der Waals surface area contributed by atoms with Crippen LogP contribution in [0.1, 0.15) is 31.5 Å². The molecule has 0 amide bonds. The Morgan fingerprint density at radius 2 is 2.33 bits per heavy atom. The van der Waals surface area contributed by atoms with Gasteiger partial charge in [-0.15, -0.1) is 0 Å². The van der Waals surface area contributed by atoms with Crippen molar-refractivity contribution in [3.05, 3.63) is 11.7 Å². The highest BCUT2D eigenvalue weighted by atomic mass is 16.5. The Labute approximate surface area is 89.0 Å². The molecule has 5 heteroatoms. The van der Waals surface area contributed by atoms with Crippen LogP contribution in [0.5, 0.6) is 0 Å². The maximum Gasteiger partial charge on any atom is 0.234 e. The van der Waals surface area contributed by atoms with Gasteiger partial charge in [0, 0.05) is 19.6 Å². The fourth-order valence-corrected chi connectivity index (χ4v) is 1.53. The van der Waals surface area contributed by atoms with Gasteiger partial charge in [-0.3, -0.25) is 0 Å². The number of ether oxygens (including phenoxy) is 1. The van der Waals surface area contributed by atoms with Crippen molar-refractivity contribution in [2.45, 2.75) is 31.6 Å². The molecule has 1 aromatic rings. The fraction of sp³-hybridized carbons (Fsp3) is 0.800. The van der Waals surface area contributed by atoms with Crippen molar-refractivity contribution in [1.82, 2.24) is 10.1 Å². The van der Waals surface area contributed by atoms with Gasteiger partial charge in [0.25, 0.3) is 0 Å². The molecule has 1 aliphatic rings. The minimum atomic E-state index is -0.00311. The Morgan fingerprint density at radius 1 is 1.53 bits per heavy atom. The van der Waals surface area contributed by atoms with Crippen molar-refractivity contribution in [3.8, 4) is 0 Å². The van der Waals surface area contributed by atoms with Gasteiger partial charge in [0.2, 0.25) is 5.89 Å². The van der Waals surface area contributed by atoms with E-state index in [0.717, 1.165) is 25.3 Å². The lowest BCUT2D eigenvalue weighted by Gasteiger charge is -2.03. The van der Waals surface area contributed by atoms with E-state index in [1.165, 1.54) is 0 Å². The summed E-state index contributed by atoms with van der Waals surface area (Å²) in [5, 5.41) is 3.92. The van der Waals surface area contributed by atoms with Crippen LogP contribution < -0.4 is 5.73 Å². The van der Waals surface area contributed by atoms with E-state index in [9.17, 15) is 0 Å². The monoisotopic (exact) mass is 211 g/mol. The van der Waals surface area contributed by atoms with Crippen molar-refractivity contribution >= 4 is 0 Å². The zero-order chi connectivity index (χ0) is 10.7. The lowest BCUT2D eigenvalue weighted by molar-refractivity contribution is 0.149. The lowest BCUT2D eigenvalue weighted by atomic mass is 10.1. The molecule has 0 saturated heterocycles. The first kappa shape index (κ1) is 10.6. The molecule has 2 N–H and O–H groups in total. The highest BCUT2D eigenvalue weighted by Crippen LogP contribution is 2.46. The molecule has 1 heterocycles. The number of nitrogens with zero attached hydrogens (tertiary/aromatic N) is 2. The molecule has 84 valence electrons. The maximum absolute atomic E-state index is 5.68. The average Bonchev–Trinajstić information content (AvgIpc) is 2.92.